The summed E-state index contributed by atoms with van der Waals surface area (Å²) in [4.78, 5) is 22.4. The van der Waals surface area contributed by atoms with E-state index in [1.165, 1.54) is 6.33 Å². The zero-order valence-electron chi connectivity index (χ0n) is 21.7. The van der Waals surface area contributed by atoms with E-state index in [1.54, 1.807) is 16.7 Å². The third-order valence-corrected chi connectivity index (χ3v) is 6.80. The van der Waals surface area contributed by atoms with Crippen LogP contribution in [0.1, 0.15) is 55.2 Å². The first-order valence-electron chi connectivity index (χ1n) is 12.0. The molecule has 0 spiro atoms. The summed E-state index contributed by atoms with van der Waals surface area (Å²) < 4.78 is 13.0. The molecule has 2 aromatic heterocycles. The van der Waals surface area contributed by atoms with Crippen molar-refractivity contribution in [3.63, 3.8) is 0 Å². The van der Waals surface area contributed by atoms with Gasteiger partial charge in [0.1, 0.15) is 35.3 Å². The Hall–Kier alpha value is -3.15. The van der Waals surface area contributed by atoms with Crippen LogP contribution < -0.4 is 10.5 Å². The molecule has 200 valence electrons. The number of nitrogen functional groups attached to an aromatic ring is 1. The number of nitrogens with two attached hydrogens (primary N) is 1. The summed E-state index contributed by atoms with van der Waals surface area (Å²) in [6, 6.07) is 1.88. The fourth-order valence-electron chi connectivity index (χ4n) is 4.61. The summed E-state index contributed by atoms with van der Waals surface area (Å²) in [6.07, 6.45) is 0.279. The minimum absolute atomic E-state index is 0.0595. The van der Waals surface area contributed by atoms with Gasteiger partial charge in [-0.3, -0.25) is 0 Å². The Morgan fingerprint density at radius 2 is 2.03 bits per heavy atom. The standard InChI is InChI=1S/C25H33ClN6O5/c1-13-16(26)8-14(21(36-5)18(13)15-9-31(10-15)24(35)37-25(2,3)4)6-7-32-23-19(22(27)28-12-29-23)20(30-32)17(34)11-33/h8,12,15,17,33-34H,6-7,9-11H2,1-5H3,(H2,27,28,29). The number of halogens is 1. The van der Waals surface area contributed by atoms with Gasteiger partial charge in [-0.05, 0) is 51.3 Å². The summed E-state index contributed by atoms with van der Waals surface area (Å²) in [7, 11) is 1.62. The number of carbonyl (C=O) groups is 1. The van der Waals surface area contributed by atoms with Gasteiger partial charge in [0.05, 0.1) is 19.1 Å². The summed E-state index contributed by atoms with van der Waals surface area (Å²) >= 11 is 6.64. The fourth-order valence-corrected chi connectivity index (χ4v) is 4.85. The van der Waals surface area contributed by atoms with Crippen molar-refractivity contribution in [3.8, 4) is 5.75 Å². The van der Waals surface area contributed by atoms with Gasteiger partial charge < -0.3 is 30.3 Å². The van der Waals surface area contributed by atoms with E-state index in [1.807, 2.05) is 33.8 Å². The zero-order chi connectivity index (χ0) is 27.1. The maximum absolute atomic E-state index is 12.4. The number of hydrogen-bond acceptors (Lipinski definition) is 9. The number of aromatic nitrogens is 4. The van der Waals surface area contributed by atoms with E-state index >= 15 is 0 Å². The number of hydrogen-bond donors (Lipinski definition) is 3. The molecule has 1 fully saturated rings. The molecule has 3 heterocycles. The second kappa shape index (κ2) is 10.3. The van der Waals surface area contributed by atoms with Crippen LogP contribution in [0.5, 0.6) is 5.75 Å². The van der Waals surface area contributed by atoms with E-state index in [4.69, 9.17) is 26.8 Å². The number of methoxy groups -OCH3 is 1. The van der Waals surface area contributed by atoms with Crippen LogP contribution in [0.15, 0.2) is 12.4 Å². The highest BCUT2D eigenvalue weighted by molar-refractivity contribution is 6.31. The predicted octanol–water partition coefficient (Wildman–Crippen LogP) is 2.98. The summed E-state index contributed by atoms with van der Waals surface area (Å²) in [6.45, 7) is 8.37. The maximum atomic E-state index is 12.4. The number of fused-ring (bicyclic) bond motifs is 1. The van der Waals surface area contributed by atoms with Crippen molar-refractivity contribution in [1.82, 2.24) is 24.6 Å². The third kappa shape index (κ3) is 5.29. The van der Waals surface area contributed by atoms with Crippen LogP contribution in [0.3, 0.4) is 0 Å². The average molecular weight is 533 g/mol. The monoisotopic (exact) mass is 532 g/mol. The van der Waals surface area contributed by atoms with Gasteiger partial charge in [0.25, 0.3) is 0 Å². The Bertz CT molecular complexity index is 1320. The van der Waals surface area contributed by atoms with E-state index in [9.17, 15) is 15.0 Å². The maximum Gasteiger partial charge on any atom is 0.410 e. The molecule has 0 bridgehead atoms. The molecule has 0 saturated carbocycles. The van der Waals surface area contributed by atoms with Crippen molar-refractivity contribution in [2.45, 2.75) is 58.3 Å². The molecule has 0 radical (unpaired) electrons. The third-order valence-electron chi connectivity index (χ3n) is 6.41. The van der Waals surface area contributed by atoms with Crippen LogP contribution in [0.25, 0.3) is 11.0 Å². The lowest BCUT2D eigenvalue weighted by molar-refractivity contribution is 0.00794. The second-order valence-electron chi connectivity index (χ2n) is 10.2. The molecular formula is C25H33ClN6O5. The van der Waals surface area contributed by atoms with Gasteiger partial charge in [-0.2, -0.15) is 5.10 Å². The molecule has 3 aromatic rings. The van der Waals surface area contributed by atoms with E-state index < -0.39 is 18.3 Å². The van der Waals surface area contributed by atoms with Crippen LogP contribution >= 0.6 is 11.6 Å². The van der Waals surface area contributed by atoms with Crippen molar-refractivity contribution in [3.05, 3.63) is 39.8 Å². The summed E-state index contributed by atoms with van der Waals surface area (Å²) in [5.41, 5.74) is 8.90. The number of amides is 1. The topological polar surface area (TPSA) is 149 Å². The second-order valence-corrected chi connectivity index (χ2v) is 10.6. The first-order valence-corrected chi connectivity index (χ1v) is 12.4. The van der Waals surface area contributed by atoms with Crippen molar-refractivity contribution in [2.75, 3.05) is 32.5 Å². The molecule has 1 aliphatic heterocycles. The van der Waals surface area contributed by atoms with Crippen LogP contribution in [-0.4, -0.2) is 73.4 Å². The van der Waals surface area contributed by atoms with Crippen molar-refractivity contribution in [1.29, 1.82) is 0 Å². The van der Waals surface area contributed by atoms with E-state index in [0.29, 0.717) is 42.1 Å². The molecule has 1 unspecified atom stereocenters. The number of benzene rings is 1. The largest absolute Gasteiger partial charge is 0.496 e. The normalized spacial score (nSPS) is 15.1. The highest BCUT2D eigenvalue weighted by Crippen LogP contribution is 2.42. The van der Waals surface area contributed by atoms with Crippen LogP contribution in [0.4, 0.5) is 10.6 Å². The number of nitrogens with zero attached hydrogens (tertiary/aromatic N) is 5. The number of likely N-dealkylation sites (tertiary alicyclic amines) is 1. The van der Waals surface area contributed by atoms with E-state index in [-0.39, 0.29) is 23.5 Å². The van der Waals surface area contributed by atoms with Gasteiger partial charge in [0, 0.05) is 36.1 Å². The van der Waals surface area contributed by atoms with Crippen molar-refractivity contribution < 1.29 is 24.5 Å². The average Bonchev–Trinajstić information content (AvgIpc) is 3.17. The Balaban J connectivity index is 1.60. The summed E-state index contributed by atoms with van der Waals surface area (Å²) in [5, 5.41) is 25.2. The molecule has 1 aliphatic rings. The molecule has 12 heteroatoms. The quantitative estimate of drug-likeness (QED) is 0.417. The number of carbonyl (C=O) groups excluding carboxylic acids is 1. The summed E-state index contributed by atoms with van der Waals surface area (Å²) in [5.74, 6) is 0.956. The fraction of sp³-hybridized carbons (Fsp3) is 0.520. The van der Waals surface area contributed by atoms with Crippen LogP contribution in [0.2, 0.25) is 5.02 Å². The van der Waals surface area contributed by atoms with Gasteiger partial charge in [0.15, 0.2) is 5.65 Å². The molecule has 0 aliphatic carbocycles. The number of aryl methyl sites for hydroxylation is 2. The van der Waals surface area contributed by atoms with E-state index in [2.05, 4.69) is 15.1 Å². The first-order chi connectivity index (χ1) is 17.4. The van der Waals surface area contributed by atoms with Gasteiger partial charge >= 0.3 is 6.09 Å². The molecule has 1 atom stereocenters. The lowest BCUT2D eigenvalue weighted by Gasteiger charge is -2.41. The number of rotatable bonds is 7. The number of aliphatic hydroxyl groups excluding tert-OH is 2. The molecule has 1 amide bonds. The van der Waals surface area contributed by atoms with Gasteiger partial charge in [-0.15, -0.1) is 0 Å². The SMILES string of the molecule is COc1c(CCn2nc(C(O)CO)c3c(N)ncnc32)cc(Cl)c(C)c1C1CN(C(=O)OC(C)(C)C)C1. The lowest BCUT2D eigenvalue weighted by atomic mass is 9.86. The van der Waals surface area contributed by atoms with Gasteiger partial charge in [-0.1, -0.05) is 11.6 Å². The molecule has 1 aromatic carbocycles. The lowest BCUT2D eigenvalue weighted by Crippen LogP contribution is -2.50. The minimum Gasteiger partial charge on any atom is -0.496 e. The van der Waals surface area contributed by atoms with Crippen LogP contribution in [-0.2, 0) is 17.7 Å². The first kappa shape index (κ1) is 26.9. The zero-order valence-corrected chi connectivity index (χ0v) is 22.4. The van der Waals surface area contributed by atoms with Crippen molar-refractivity contribution in [2.24, 2.45) is 0 Å². The Morgan fingerprint density at radius 3 is 2.65 bits per heavy atom. The van der Waals surface area contributed by atoms with Gasteiger partial charge in [-0.25, -0.2) is 19.4 Å². The van der Waals surface area contributed by atoms with E-state index in [0.717, 1.165) is 22.4 Å². The highest BCUT2D eigenvalue weighted by Gasteiger charge is 2.37. The smallest absolute Gasteiger partial charge is 0.410 e. The molecule has 1 saturated heterocycles. The van der Waals surface area contributed by atoms with Crippen LogP contribution in [0, 0.1) is 6.92 Å². The predicted molar refractivity (Wildman–Crippen MR) is 139 cm³/mol. The Labute approximate surface area is 220 Å². The molecule has 37 heavy (non-hydrogen) atoms. The molecule has 11 nitrogen and oxygen atoms in total. The molecule has 4 N–H and O–H groups in total. The number of aliphatic hydroxyl groups is 2. The number of ether oxygens (including phenoxy) is 2. The molecular weight excluding hydrogens is 500 g/mol. The van der Waals surface area contributed by atoms with Crippen molar-refractivity contribution >= 4 is 34.5 Å². The Morgan fingerprint density at radius 1 is 1.32 bits per heavy atom. The minimum atomic E-state index is -1.21. The highest BCUT2D eigenvalue weighted by atomic mass is 35.5. The number of anilines is 1. The Kier molecular flexibility index (Phi) is 7.50. The van der Waals surface area contributed by atoms with Gasteiger partial charge in [0.2, 0.25) is 0 Å². The molecule has 4 rings (SSSR count).